The van der Waals surface area contributed by atoms with E-state index in [0.29, 0.717) is 0 Å². The molecular formula is C21H18N2O. The van der Waals surface area contributed by atoms with Gasteiger partial charge >= 0.3 is 0 Å². The van der Waals surface area contributed by atoms with Crippen molar-refractivity contribution in [2.75, 3.05) is 5.32 Å². The highest BCUT2D eigenvalue weighted by Crippen LogP contribution is 2.23. The summed E-state index contributed by atoms with van der Waals surface area (Å²) in [6.07, 6.45) is 1.97. The molecule has 3 aromatic carbocycles. The van der Waals surface area contributed by atoms with E-state index in [-0.39, 0.29) is 0 Å². The maximum atomic E-state index is 5.80. The second-order valence-electron chi connectivity index (χ2n) is 5.69. The normalized spacial score (nSPS) is 10.7. The van der Waals surface area contributed by atoms with Crippen LogP contribution in [0.1, 0.15) is 5.56 Å². The number of H-pyrrole nitrogens is 1. The van der Waals surface area contributed by atoms with E-state index in [2.05, 4.69) is 34.6 Å². The Morgan fingerprint density at radius 1 is 0.792 bits per heavy atom. The second-order valence-corrected chi connectivity index (χ2v) is 5.69. The van der Waals surface area contributed by atoms with Gasteiger partial charge in [0.2, 0.25) is 0 Å². The molecular weight excluding hydrogens is 296 g/mol. The first-order chi connectivity index (χ1) is 11.9. The van der Waals surface area contributed by atoms with Crippen LogP contribution >= 0.6 is 0 Å². The van der Waals surface area contributed by atoms with Crippen LogP contribution in [0.5, 0.6) is 11.5 Å². The molecule has 118 valence electrons. The van der Waals surface area contributed by atoms with Crippen LogP contribution in [0.25, 0.3) is 10.9 Å². The highest BCUT2D eigenvalue weighted by Gasteiger charge is 2.00. The first-order valence-electron chi connectivity index (χ1n) is 8.00. The third-order valence-electron chi connectivity index (χ3n) is 3.95. The minimum absolute atomic E-state index is 0.792. The molecule has 0 saturated carbocycles. The van der Waals surface area contributed by atoms with Gasteiger partial charge in [-0.2, -0.15) is 0 Å². The Labute approximate surface area is 140 Å². The van der Waals surface area contributed by atoms with Crippen molar-refractivity contribution in [1.82, 2.24) is 4.98 Å². The lowest BCUT2D eigenvalue weighted by atomic mass is 10.1. The van der Waals surface area contributed by atoms with Crippen LogP contribution in [-0.2, 0) is 6.54 Å². The fraction of sp³-hybridized carbons (Fsp3) is 0.0476. The monoisotopic (exact) mass is 314 g/mol. The number of rotatable bonds is 5. The molecule has 0 fully saturated rings. The van der Waals surface area contributed by atoms with Gasteiger partial charge in [-0.05, 0) is 65.5 Å². The Bertz CT molecular complexity index is 927. The smallest absolute Gasteiger partial charge is 0.127 e. The number of hydrogen-bond donors (Lipinski definition) is 2. The van der Waals surface area contributed by atoms with Crippen molar-refractivity contribution in [2.24, 2.45) is 0 Å². The van der Waals surface area contributed by atoms with Crippen LogP contribution in [0.2, 0.25) is 0 Å². The summed E-state index contributed by atoms with van der Waals surface area (Å²) in [5.41, 5.74) is 3.50. The van der Waals surface area contributed by atoms with E-state index in [1.165, 1.54) is 16.5 Å². The minimum Gasteiger partial charge on any atom is -0.457 e. The number of aromatic nitrogens is 1. The van der Waals surface area contributed by atoms with Crippen LogP contribution in [0, 0.1) is 0 Å². The zero-order valence-corrected chi connectivity index (χ0v) is 13.2. The quantitative estimate of drug-likeness (QED) is 0.505. The molecule has 3 nitrogen and oxygen atoms in total. The molecule has 1 aromatic heterocycles. The van der Waals surface area contributed by atoms with Crippen molar-refractivity contribution in [3.05, 3.63) is 90.6 Å². The van der Waals surface area contributed by atoms with E-state index >= 15 is 0 Å². The van der Waals surface area contributed by atoms with E-state index in [0.717, 1.165) is 23.7 Å². The molecule has 0 unspecified atom stereocenters. The molecule has 24 heavy (non-hydrogen) atoms. The molecule has 0 aliphatic heterocycles. The molecule has 0 atom stereocenters. The fourth-order valence-electron chi connectivity index (χ4n) is 2.68. The number of ether oxygens (including phenoxy) is 1. The second kappa shape index (κ2) is 6.50. The molecule has 0 aliphatic rings. The Morgan fingerprint density at radius 2 is 1.58 bits per heavy atom. The Hall–Kier alpha value is -3.20. The lowest BCUT2D eigenvalue weighted by Gasteiger charge is -2.09. The van der Waals surface area contributed by atoms with Crippen molar-refractivity contribution in [1.29, 1.82) is 0 Å². The van der Waals surface area contributed by atoms with E-state index < -0.39 is 0 Å². The third-order valence-corrected chi connectivity index (χ3v) is 3.95. The van der Waals surface area contributed by atoms with Gasteiger partial charge in [-0.1, -0.05) is 24.3 Å². The van der Waals surface area contributed by atoms with Gasteiger partial charge in [-0.25, -0.2) is 0 Å². The summed E-state index contributed by atoms with van der Waals surface area (Å²) in [5, 5.41) is 4.68. The summed E-state index contributed by atoms with van der Waals surface area (Å²) in [6, 6.07) is 26.4. The van der Waals surface area contributed by atoms with Gasteiger partial charge in [-0.15, -0.1) is 0 Å². The molecule has 0 amide bonds. The summed E-state index contributed by atoms with van der Waals surface area (Å²) >= 11 is 0. The summed E-state index contributed by atoms with van der Waals surface area (Å²) in [7, 11) is 0. The molecule has 2 N–H and O–H groups in total. The molecule has 4 aromatic rings. The van der Waals surface area contributed by atoms with Gasteiger partial charge in [-0.3, -0.25) is 0 Å². The molecule has 4 rings (SSSR count). The third kappa shape index (κ3) is 3.25. The van der Waals surface area contributed by atoms with Crippen molar-refractivity contribution in [3.63, 3.8) is 0 Å². The van der Waals surface area contributed by atoms with Crippen LogP contribution in [0.15, 0.2) is 85.1 Å². The van der Waals surface area contributed by atoms with E-state index in [9.17, 15) is 0 Å². The summed E-state index contributed by atoms with van der Waals surface area (Å²) in [6.45, 7) is 0.792. The molecule has 0 radical (unpaired) electrons. The number of aromatic amines is 1. The number of para-hydroxylation sites is 1. The van der Waals surface area contributed by atoms with Crippen LogP contribution in [0.4, 0.5) is 5.69 Å². The highest BCUT2D eigenvalue weighted by atomic mass is 16.5. The first kappa shape index (κ1) is 14.4. The van der Waals surface area contributed by atoms with Gasteiger partial charge in [0.05, 0.1) is 0 Å². The van der Waals surface area contributed by atoms with Gasteiger partial charge in [0.25, 0.3) is 0 Å². The van der Waals surface area contributed by atoms with Crippen molar-refractivity contribution < 1.29 is 4.74 Å². The Morgan fingerprint density at radius 3 is 2.42 bits per heavy atom. The number of nitrogens with one attached hydrogen (secondary N) is 2. The Balaban J connectivity index is 1.39. The van der Waals surface area contributed by atoms with Crippen molar-refractivity contribution >= 4 is 16.6 Å². The Kier molecular flexibility index (Phi) is 3.90. The average molecular weight is 314 g/mol. The van der Waals surface area contributed by atoms with Crippen molar-refractivity contribution in [2.45, 2.75) is 6.54 Å². The molecule has 0 saturated heterocycles. The average Bonchev–Trinajstić information content (AvgIpc) is 3.10. The number of anilines is 1. The lowest BCUT2D eigenvalue weighted by molar-refractivity contribution is 0.483. The standard InChI is InChI=1S/C21H18N2O/c1-2-4-19(5-3-1)24-20-9-7-18(8-10-20)23-15-16-6-11-21-17(14-16)12-13-22-21/h1-14,22-23H,15H2. The fourth-order valence-corrected chi connectivity index (χ4v) is 2.68. The maximum absolute atomic E-state index is 5.80. The lowest BCUT2D eigenvalue weighted by Crippen LogP contribution is -1.99. The van der Waals surface area contributed by atoms with Gasteiger partial charge in [0.1, 0.15) is 11.5 Å². The molecule has 0 spiro atoms. The topological polar surface area (TPSA) is 37.0 Å². The summed E-state index contributed by atoms with van der Waals surface area (Å²) in [4.78, 5) is 3.21. The number of hydrogen-bond acceptors (Lipinski definition) is 2. The summed E-state index contributed by atoms with van der Waals surface area (Å²) in [5.74, 6) is 1.68. The summed E-state index contributed by atoms with van der Waals surface area (Å²) < 4.78 is 5.80. The zero-order valence-electron chi connectivity index (χ0n) is 13.2. The SMILES string of the molecule is c1ccc(Oc2ccc(NCc3ccc4[nH]ccc4c3)cc2)cc1. The largest absolute Gasteiger partial charge is 0.457 e. The first-order valence-corrected chi connectivity index (χ1v) is 8.00. The van der Waals surface area contributed by atoms with Gasteiger partial charge < -0.3 is 15.0 Å². The molecule has 0 aliphatic carbocycles. The van der Waals surface area contributed by atoms with Gasteiger partial charge in [0.15, 0.2) is 0 Å². The molecule has 1 heterocycles. The van der Waals surface area contributed by atoms with Gasteiger partial charge in [0, 0.05) is 23.9 Å². The predicted molar refractivity (Wildman–Crippen MR) is 98.6 cm³/mol. The number of benzene rings is 3. The van der Waals surface area contributed by atoms with Crippen LogP contribution < -0.4 is 10.1 Å². The predicted octanol–water partition coefficient (Wildman–Crippen LogP) is 5.57. The minimum atomic E-state index is 0.792. The van der Waals surface area contributed by atoms with E-state index in [1.54, 1.807) is 0 Å². The maximum Gasteiger partial charge on any atom is 0.127 e. The van der Waals surface area contributed by atoms with Crippen LogP contribution in [0.3, 0.4) is 0 Å². The molecule has 3 heteroatoms. The molecule has 0 bridgehead atoms. The highest BCUT2D eigenvalue weighted by molar-refractivity contribution is 5.80. The van der Waals surface area contributed by atoms with E-state index in [1.807, 2.05) is 60.8 Å². The van der Waals surface area contributed by atoms with Crippen molar-refractivity contribution in [3.8, 4) is 11.5 Å². The van der Waals surface area contributed by atoms with E-state index in [4.69, 9.17) is 4.74 Å². The van der Waals surface area contributed by atoms with Crippen LogP contribution in [-0.4, -0.2) is 4.98 Å². The zero-order chi connectivity index (χ0) is 16.2. The number of fused-ring (bicyclic) bond motifs is 1.